The highest BCUT2D eigenvalue weighted by atomic mass is 32.2. The van der Waals surface area contributed by atoms with Crippen LogP contribution in [0.15, 0.2) is 0 Å². The van der Waals surface area contributed by atoms with Crippen molar-refractivity contribution >= 4 is 16.1 Å². The Bertz CT molecular complexity index is 412. The molecule has 9 heteroatoms. The van der Waals surface area contributed by atoms with Gasteiger partial charge in [-0.1, -0.05) is 0 Å². The third-order valence-corrected chi connectivity index (χ3v) is 4.12. The maximum absolute atomic E-state index is 13.1. The summed E-state index contributed by atoms with van der Waals surface area (Å²) in [6.45, 7) is -0.155. The lowest BCUT2D eigenvalue weighted by molar-refractivity contribution is -0.172. The number of carbonyl (C=O) groups excluding carboxylic acids is 1. The number of hydrogen-bond donors (Lipinski definition) is 3. The standard InChI is InChI=1S/C10H17FO7S/c11-10(14,19(15,16)17)9(13)18-6-8-3-1-7(5-12)2-4-8/h7-8,12,14H,1-6H2,(H,15,16,17). The van der Waals surface area contributed by atoms with Gasteiger partial charge in [0, 0.05) is 6.61 Å². The Labute approximate surface area is 110 Å². The van der Waals surface area contributed by atoms with Crippen LogP contribution in [0.2, 0.25) is 0 Å². The van der Waals surface area contributed by atoms with Gasteiger partial charge >= 0.3 is 21.3 Å². The predicted molar refractivity (Wildman–Crippen MR) is 61.1 cm³/mol. The lowest BCUT2D eigenvalue weighted by Gasteiger charge is -2.27. The highest BCUT2D eigenvalue weighted by Gasteiger charge is 2.51. The number of carbonyl (C=O) groups is 1. The molecule has 1 rings (SSSR count). The lowest BCUT2D eigenvalue weighted by Crippen LogP contribution is -2.43. The van der Waals surface area contributed by atoms with Crippen LogP contribution in [0.1, 0.15) is 25.7 Å². The first kappa shape index (κ1) is 16.3. The van der Waals surface area contributed by atoms with Crippen LogP contribution >= 0.6 is 0 Å². The fourth-order valence-corrected chi connectivity index (χ4v) is 2.24. The number of halogens is 1. The second-order valence-corrected chi connectivity index (χ2v) is 6.20. The minimum absolute atomic E-state index is 0.0797. The van der Waals surface area contributed by atoms with Crippen molar-refractivity contribution in [3.05, 3.63) is 0 Å². The summed E-state index contributed by atoms with van der Waals surface area (Å²) in [5.41, 5.74) is 0. The van der Waals surface area contributed by atoms with Crippen LogP contribution in [-0.4, -0.2) is 47.6 Å². The summed E-state index contributed by atoms with van der Waals surface area (Å²) in [6.07, 6.45) is 2.76. The van der Waals surface area contributed by atoms with Crippen molar-refractivity contribution in [3.8, 4) is 0 Å². The number of aliphatic hydroxyl groups excluding tert-OH is 1. The fraction of sp³-hybridized carbons (Fsp3) is 0.900. The van der Waals surface area contributed by atoms with Crippen LogP contribution < -0.4 is 0 Å². The molecule has 0 aromatic carbocycles. The quantitative estimate of drug-likeness (QED) is 0.476. The molecular formula is C10H17FO7S. The zero-order valence-electron chi connectivity index (χ0n) is 10.2. The highest BCUT2D eigenvalue weighted by Crippen LogP contribution is 2.29. The van der Waals surface area contributed by atoms with Gasteiger partial charge in [-0.05, 0) is 37.5 Å². The van der Waals surface area contributed by atoms with Gasteiger partial charge in [0.25, 0.3) is 0 Å². The number of alkyl halides is 1. The molecule has 19 heavy (non-hydrogen) atoms. The molecule has 1 aliphatic rings. The average Bonchev–Trinajstić information content (AvgIpc) is 2.35. The first-order valence-electron chi connectivity index (χ1n) is 5.85. The topological polar surface area (TPSA) is 121 Å². The number of ether oxygens (including phenoxy) is 1. The van der Waals surface area contributed by atoms with Crippen LogP contribution in [0.25, 0.3) is 0 Å². The van der Waals surface area contributed by atoms with Crippen LogP contribution in [0, 0.1) is 11.8 Å². The summed E-state index contributed by atoms with van der Waals surface area (Å²) in [5.74, 6) is -1.92. The molecule has 1 aliphatic carbocycles. The van der Waals surface area contributed by atoms with E-state index in [2.05, 4.69) is 4.74 Å². The van der Waals surface area contributed by atoms with Gasteiger partial charge in [0.2, 0.25) is 0 Å². The van der Waals surface area contributed by atoms with E-state index in [0.29, 0.717) is 12.8 Å². The van der Waals surface area contributed by atoms with Gasteiger partial charge in [0.15, 0.2) is 0 Å². The van der Waals surface area contributed by atoms with E-state index >= 15 is 0 Å². The summed E-state index contributed by atoms with van der Waals surface area (Å²) in [5, 5.41) is 13.2. The van der Waals surface area contributed by atoms with Crippen molar-refractivity contribution in [2.45, 2.75) is 30.9 Å². The Morgan fingerprint density at radius 3 is 2.16 bits per heavy atom. The second-order valence-electron chi connectivity index (χ2n) is 4.70. The van der Waals surface area contributed by atoms with E-state index in [1.54, 1.807) is 0 Å². The van der Waals surface area contributed by atoms with Gasteiger partial charge in [-0.25, -0.2) is 4.79 Å². The third kappa shape index (κ3) is 4.10. The van der Waals surface area contributed by atoms with Gasteiger partial charge in [-0.3, -0.25) is 4.55 Å². The van der Waals surface area contributed by atoms with Crippen LogP contribution in [0.5, 0.6) is 0 Å². The molecule has 0 spiro atoms. The minimum Gasteiger partial charge on any atom is -0.460 e. The molecule has 0 radical (unpaired) electrons. The predicted octanol–water partition coefficient (Wildman–Crippen LogP) is -0.168. The number of hydrogen-bond acceptors (Lipinski definition) is 6. The molecule has 0 aliphatic heterocycles. The molecule has 0 aromatic rings. The Balaban J connectivity index is 2.44. The van der Waals surface area contributed by atoms with E-state index < -0.39 is 21.3 Å². The van der Waals surface area contributed by atoms with Gasteiger partial charge < -0.3 is 14.9 Å². The average molecular weight is 300 g/mol. The zero-order valence-corrected chi connectivity index (χ0v) is 11.0. The minimum atomic E-state index is -5.59. The van der Waals surface area contributed by atoms with Crippen molar-refractivity contribution < 1.29 is 37.1 Å². The number of esters is 1. The Morgan fingerprint density at radius 1 is 1.26 bits per heavy atom. The molecule has 1 atom stereocenters. The van der Waals surface area contributed by atoms with Gasteiger partial charge in [0.05, 0.1) is 6.61 Å². The summed E-state index contributed by atoms with van der Waals surface area (Å²) in [6, 6.07) is 0. The molecule has 3 N–H and O–H groups in total. The third-order valence-electron chi connectivity index (χ3n) is 3.27. The first-order valence-corrected chi connectivity index (χ1v) is 7.29. The molecule has 0 saturated heterocycles. The number of rotatable bonds is 5. The van der Waals surface area contributed by atoms with Crippen molar-refractivity contribution in [1.82, 2.24) is 0 Å². The van der Waals surface area contributed by atoms with Crippen molar-refractivity contribution in [1.29, 1.82) is 0 Å². The Hall–Kier alpha value is -0.770. The van der Waals surface area contributed by atoms with Crippen molar-refractivity contribution in [2.75, 3.05) is 13.2 Å². The molecule has 1 unspecified atom stereocenters. The Kier molecular flexibility index (Phi) is 5.25. The maximum atomic E-state index is 13.1. The second kappa shape index (κ2) is 6.12. The SMILES string of the molecule is O=C(OCC1CCC(CO)CC1)C(O)(F)S(=O)(=O)O. The van der Waals surface area contributed by atoms with E-state index in [1.165, 1.54) is 0 Å². The van der Waals surface area contributed by atoms with Gasteiger partial charge in [-0.15, -0.1) is 0 Å². The van der Waals surface area contributed by atoms with Crippen LogP contribution in [-0.2, 0) is 19.6 Å². The smallest absolute Gasteiger partial charge is 0.431 e. The maximum Gasteiger partial charge on any atom is 0.431 e. The largest absolute Gasteiger partial charge is 0.460 e. The van der Waals surface area contributed by atoms with E-state index in [-0.39, 0.29) is 25.0 Å². The summed E-state index contributed by atoms with van der Waals surface area (Å²) >= 11 is 0. The zero-order chi connectivity index (χ0) is 14.7. The van der Waals surface area contributed by atoms with E-state index in [1.807, 2.05) is 0 Å². The molecule has 1 saturated carbocycles. The van der Waals surface area contributed by atoms with Crippen LogP contribution in [0.3, 0.4) is 0 Å². The molecule has 112 valence electrons. The lowest BCUT2D eigenvalue weighted by atomic mass is 9.83. The normalized spacial score (nSPS) is 27.6. The molecule has 7 nitrogen and oxygen atoms in total. The molecule has 0 amide bonds. The monoisotopic (exact) mass is 300 g/mol. The summed E-state index contributed by atoms with van der Waals surface area (Å²) in [7, 11) is -5.59. The first-order chi connectivity index (χ1) is 8.68. The Morgan fingerprint density at radius 2 is 1.74 bits per heavy atom. The van der Waals surface area contributed by atoms with Crippen molar-refractivity contribution in [3.63, 3.8) is 0 Å². The summed E-state index contributed by atoms with van der Waals surface area (Å²) < 4.78 is 46.6. The van der Waals surface area contributed by atoms with Gasteiger partial charge in [-0.2, -0.15) is 12.8 Å². The van der Waals surface area contributed by atoms with E-state index in [9.17, 15) is 17.6 Å². The molecule has 0 bridgehead atoms. The molecule has 1 fully saturated rings. The molecular weight excluding hydrogens is 283 g/mol. The van der Waals surface area contributed by atoms with Crippen LogP contribution in [0.4, 0.5) is 4.39 Å². The molecule has 0 heterocycles. The number of aliphatic hydroxyl groups is 2. The highest BCUT2D eigenvalue weighted by molar-refractivity contribution is 7.87. The van der Waals surface area contributed by atoms with E-state index in [4.69, 9.17) is 14.8 Å². The fourth-order valence-electron chi connectivity index (χ4n) is 1.97. The van der Waals surface area contributed by atoms with Crippen molar-refractivity contribution in [2.24, 2.45) is 11.8 Å². The molecule has 0 aromatic heterocycles. The van der Waals surface area contributed by atoms with Gasteiger partial charge in [0.1, 0.15) is 0 Å². The summed E-state index contributed by atoms with van der Waals surface area (Å²) in [4.78, 5) is 11.0. The van der Waals surface area contributed by atoms with E-state index in [0.717, 1.165) is 12.8 Å².